The van der Waals surface area contributed by atoms with Gasteiger partial charge < -0.3 is 20.1 Å². The molecule has 3 heterocycles. The second kappa shape index (κ2) is 14.7. The zero-order valence-corrected chi connectivity index (χ0v) is 26.3. The number of anilines is 1. The number of benzene rings is 2. The Kier molecular flexibility index (Phi) is 10.7. The molecule has 2 N–H and O–H groups in total. The summed E-state index contributed by atoms with van der Waals surface area (Å²) < 4.78 is 6.31. The summed E-state index contributed by atoms with van der Waals surface area (Å²) in [7, 11) is 2.02. The highest BCUT2D eigenvalue weighted by Gasteiger charge is 2.23. The van der Waals surface area contributed by atoms with Crippen molar-refractivity contribution in [3.63, 3.8) is 0 Å². The number of carbonyl (C=O) groups is 1. The van der Waals surface area contributed by atoms with Crippen LogP contribution in [-0.2, 0) is 11.3 Å². The van der Waals surface area contributed by atoms with E-state index in [0.29, 0.717) is 34.0 Å². The van der Waals surface area contributed by atoms with Crippen LogP contribution in [0.15, 0.2) is 48.8 Å². The van der Waals surface area contributed by atoms with Crippen molar-refractivity contribution in [3.8, 4) is 22.6 Å². The van der Waals surface area contributed by atoms with Crippen LogP contribution in [0.25, 0.3) is 11.1 Å². The van der Waals surface area contributed by atoms with E-state index < -0.39 is 5.97 Å². The molecule has 2 aliphatic rings. The number of carboxylic acids is 1. The number of ether oxygens (including phenoxy) is 1. The Morgan fingerprint density at radius 2 is 1.58 bits per heavy atom. The number of carboxylic acid groups (broad SMARTS) is 1. The van der Waals surface area contributed by atoms with E-state index in [1.807, 2.05) is 25.2 Å². The van der Waals surface area contributed by atoms with Crippen molar-refractivity contribution in [3.05, 3.63) is 64.4 Å². The summed E-state index contributed by atoms with van der Waals surface area (Å²) in [4.78, 5) is 27.2. The largest absolute Gasteiger partial charge is 0.481 e. The lowest BCUT2D eigenvalue weighted by molar-refractivity contribution is -0.141. The fourth-order valence-electron chi connectivity index (χ4n) is 5.85. The molecule has 9 nitrogen and oxygen atoms in total. The van der Waals surface area contributed by atoms with E-state index in [9.17, 15) is 9.90 Å². The number of likely N-dealkylation sites (tertiary alicyclic amines) is 1. The quantitative estimate of drug-likeness (QED) is 0.285. The average Bonchev–Trinajstić information content (AvgIpc) is 2.98. The normalized spacial score (nSPS) is 17.6. The van der Waals surface area contributed by atoms with E-state index in [1.54, 1.807) is 25.4 Å². The minimum absolute atomic E-state index is 0.385. The topological polar surface area (TPSA) is 94.1 Å². The van der Waals surface area contributed by atoms with Crippen LogP contribution in [0.1, 0.15) is 25.3 Å². The molecule has 2 fully saturated rings. The molecule has 0 aliphatic carbocycles. The molecule has 1 atom stereocenters. The molecule has 0 radical (unpaired) electrons. The van der Waals surface area contributed by atoms with Gasteiger partial charge in [-0.05, 0) is 98.5 Å². The Morgan fingerprint density at radius 3 is 2.21 bits per heavy atom. The third kappa shape index (κ3) is 8.80. The van der Waals surface area contributed by atoms with Crippen LogP contribution in [0.3, 0.4) is 0 Å². The van der Waals surface area contributed by atoms with E-state index in [4.69, 9.17) is 27.9 Å². The highest BCUT2D eigenvalue weighted by molar-refractivity contribution is 6.35. The number of nitrogens with one attached hydrogen (secondary N) is 1. The SMILES string of the molecule is CNCC1CCN(Cc2cc(Oc3cnc(N4CCN(CC(C)C(=O)O)CC4)nc3)cc(-c3cc(Cl)cc(Cl)c3)c2)CC1. The van der Waals surface area contributed by atoms with Gasteiger partial charge in [0.15, 0.2) is 5.75 Å². The van der Waals surface area contributed by atoms with Gasteiger partial charge in [-0.15, -0.1) is 0 Å². The van der Waals surface area contributed by atoms with Gasteiger partial charge in [-0.3, -0.25) is 14.6 Å². The first kappa shape index (κ1) is 31.5. The highest BCUT2D eigenvalue weighted by atomic mass is 35.5. The third-order valence-corrected chi connectivity index (χ3v) is 8.66. The molecular weight excluding hydrogens is 587 g/mol. The third-order valence-electron chi connectivity index (χ3n) is 8.23. The molecule has 2 aliphatic heterocycles. The van der Waals surface area contributed by atoms with Crippen LogP contribution >= 0.6 is 23.2 Å². The molecule has 2 aromatic carbocycles. The monoisotopic (exact) mass is 626 g/mol. The maximum atomic E-state index is 11.2. The molecule has 0 spiro atoms. The summed E-state index contributed by atoms with van der Waals surface area (Å²) in [6.45, 7) is 9.36. The predicted octanol–water partition coefficient (Wildman–Crippen LogP) is 5.52. The number of hydrogen-bond acceptors (Lipinski definition) is 8. The van der Waals surface area contributed by atoms with Gasteiger partial charge in [0.25, 0.3) is 0 Å². The van der Waals surface area contributed by atoms with Gasteiger partial charge in [-0.2, -0.15) is 0 Å². The molecule has 230 valence electrons. The van der Waals surface area contributed by atoms with Crippen molar-refractivity contribution >= 4 is 35.1 Å². The minimum Gasteiger partial charge on any atom is -0.481 e. The van der Waals surface area contributed by atoms with Crippen LogP contribution < -0.4 is 15.0 Å². The Labute approximate surface area is 263 Å². The number of piperidine rings is 1. The maximum Gasteiger partial charge on any atom is 0.307 e. The molecule has 43 heavy (non-hydrogen) atoms. The average molecular weight is 628 g/mol. The van der Waals surface area contributed by atoms with E-state index in [0.717, 1.165) is 75.0 Å². The van der Waals surface area contributed by atoms with E-state index in [2.05, 4.69) is 42.1 Å². The van der Waals surface area contributed by atoms with Gasteiger partial charge in [-0.1, -0.05) is 30.1 Å². The standard InChI is InChI=1S/C32H40Cl2N6O3/c1-22(31(41)42)20-39-7-9-40(10-8-39)32-36-18-30(19-37-32)43-29-12-24(21-38-5-3-23(4-6-38)17-35-2)11-25(15-29)26-13-27(33)16-28(34)14-26/h11-16,18-19,22-23,35H,3-10,17,20-21H2,1-2H3,(H,41,42). The van der Waals surface area contributed by atoms with Crippen LogP contribution in [-0.4, -0.2) is 90.2 Å². The molecule has 0 amide bonds. The first-order valence-corrected chi connectivity index (χ1v) is 15.7. The fraction of sp³-hybridized carbons (Fsp3) is 0.469. The summed E-state index contributed by atoms with van der Waals surface area (Å²) in [5, 5.41) is 13.7. The first-order chi connectivity index (χ1) is 20.7. The fourth-order valence-corrected chi connectivity index (χ4v) is 6.38. The van der Waals surface area contributed by atoms with Gasteiger partial charge in [0.1, 0.15) is 5.75 Å². The van der Waals surface area contributed by atoms with Crippen molar-refractivity contribution in [1.82, 2.24) is 25.1 Å². The smallest absolute Gasteiger partial charge is 0.307 e. The van der Waals surface area contributed by atoms with Crippen LogP contribution in [0.4, 0.5) is 5.95 Å². The van der Waals surface area contributed by atoms with Crippen molar-refractivity contribution in [2.45, 2.75) is 26.3 Å². The number of piperazine rings is 1. The molecule has 5 rings (SSSR count). The van der Waals surface area contributed by atoms with Crippen LogP contribution in [0, 0.1) is 11.8 Å². The maximum absolute atomic E-state index is 11.2. The Bertz CT molecular complexity index is 1360. The predicted molar refractivity (Wildman–Crippen MR) is 171 cm³/mol. The van der Waals surface area contributed by atoms with Crippen molar-refractivity contribution in [1.29, 1.82) is 0 Å². The van der Waals surface area contributed by atoms with E-state index >= 15 is 0 Å². The zero-order chi connectivity index (χ0) is 30.3. The van der Waals surface area contributed by atoms with Gasteiger partial charge >= 0.3 is 5.97 Å². The summed E-state index contributed by atoms with van der Waals surface area (Å²) in [6.07, 6.45) is 5.79. The summed E-state index contributed by atoms with van der Waals surface area (Å²) in [6, 6.07) is 11.8. The van der Waals surface area contributed by atoms with Crippen molar-refractivity contribution in [2.24, 2.45) is 11.8 Å². The molecule has 0 bridgehead atoms. The number of hydrogen-bond donors (Lipinski definition) is 2. The van der Waals surface area contributed by atoms with Crippen molar-refractivity contribution < 1.29 is 14.6 Å². The number of aromatic nitrogens is 2. The summed E-state index contributed by atoms with van der Waals surface area (Å²) in [5.74, 6) is 1.48. The van der Waals surface area contributed by atoms with Crippen molar-refractivity contribution in [2.75, 3.05) is 64.3 Å². The van der Waals surface area contributed by atoms with Gasteiger partial charge in [-0.25, -0.2) is 9.97 Å². The molecule has 0 saturated carbocycles. The summed E-state index contributed by atoms with van der Waals surface area (Å²) >= 11 is 12.7. The lowest BCUT2D eigenvalue weighted by Gasteiger charge is -2.35. The minimum atomic E-state index is -0.764. The zero-order valence-electron chi connectivity index (χ0n) is 24.8. The van der Waals surface area contributed by atoms with E-state index in [1.165, 1.54) is 12.8 Å². The lowest BCUT2D eigenvalue weighted by atomic mass is 9.96. The molecule has 1 aromatic heterocycles. The number of aliphatic carboxylic acids is 1. The molecular formula is C32H40Cl2N6O3. The second-order valence-corrected chi connectivity index (χ2v) is 12.5. The Balaban J connectivity index is 1.28. The molecule has 2 saturated heterocycles. The Morgan fingerprint density at radius 1 is 0.930 bits per heavy atom. The van der Waals surface area contributed by atoms with Gasteiger partial charge in [0.2, 0.25) is 5.95 Å². The van der Waals surface area contributed by atoms with Gasteiger partial charge in [0.05, 0.1) is 18.3 Å². The van der Waals surface area contributed by atoms with Gasteiger partial charge in [0, 0.05) is 49.3 Å². The summed E-state index contributed by atoms with van der Waals surface area (Å²) in [5.41, 5.74) is 3.07. The first-order valence-electron chi connectivity index (χ1n) is 14.9. The van der Waals surface area contributed by atoms with Crippen LogP contribution in [0.2, 0.25) is 10.0 Å². The molecule has 11 heteroatoms. The number of halogens is 2. The Hall–Kier alpha value is -2.95. The van der Waals surface area contributed by atoms with E-state index in [-0.39, 0.29) is 5.92 Å². The number of nitrogens with zero attached hydrogens (tertiary/aromatic N) is 5. The number of rotatable bonds is 11. The molecule has 3 aromatic rings. The highest BCUT2D eigenvalue weighted by Crippen LogP contribution is 2.33. The lowest BCUT2D eigenvalue weighted by Crippen LogP contribution is -2.48. The molecule has 1 unspecified atom stereocenters. The second-order valence-electron chi connectivity index (χ2n) is 11.6. The van der Waals surface area contributed by atoms with Crippen LogP contribution in [0.5, 0.6) is 11.5 Å².